The molecule has 3 N–H and O–H groups in total. The summed E-state index contributed by atoms with van der Waals surface area (Å²) < 4.78 is 5.72. The predicted molar refractivity (Wildman–Crippen MR) is 74.1 cm³/mol. The average Bonchev–Trinajstić information content (AvgIpc) is 2.39. The van der Waals surface area contributed by atoms with Gasteiger partial charge in [0, 0.05) is 0 Å². The van der Waals surface area contributed by atoms with Gasteiger partial charge >= 0.3 is 0 Å². The Morgan fingerprint density at radius 1 is 1.44 bits per heavy atom. The van der Waals surface area contributed by atoms with Gasteiger partial charge in [-0.05, 0) is 24.5 Å². The molecule has 18 heavy (non-hydrogen) atoms. The lowest BCUT2D eigenvalue weighted by Crippen LogP contribution is -2.14. The Morgan fingerprint density at radius 2 is 2.22 bits per heavy atom. The van der Waals surface area contributed by atoms with E-state index in [1.54, 1.807) is 12.3 Å². The van der Waals surface area contributed by atoms with E-state index in [0.29, 0.717) is 11.6 Å². The number of nitrogens with one attached hydrogen (secondary N) is 1. The Kier molecular flexibility index (Phi) is 6.19. The number of nitrogens with zero attached hydrogens (tertiary/aromatic N) is 1. The highest BCUT2D eigenvalue weighted by molar-refractivity contribution is 5.92. The smallest absolute Gasteiger partial charge is 0.141 e. The molecule has 1 atom stereocenters. The summed E-state index contributed by atoms with van der Waals surface area (Å²) in [6.45, 7) is 5.14. The van der Waals surface area contributed by atoms with Crippen molar-refractivity contribution in [1.29, 1.82) is 5.41 Å². The van der Waals surface area contributed by atoms with E-state index in [1.807, 2.05) is 6.07 Å². The molecule has 0 aromatic carbocycles. The van der Waals surface area contributed by atoms with Gasteiger partial charge in [-0.3, -0.25) is 5.41 Å². The third-order valence-electron chi connectivity index (χ3n) is 3.04. The van der Waals surface area contributed by atoms with Gasteiger partial charge in [-0.25, -0.2) is 4.98 Å². The molecule has 0 fully saturated rings. The second-order valence-electron chi connectivity index (χ2n) is 4.52. The number of hydrogen-bond acceptors (Lipinski definition) is 3. The minimum atomic E-state index is -0.0177. The van der Waals surface area contributed by atoms with Crippen molar-refractivity contribution in [3.8, 4) is 5.75 Å². The maximum absolute atomic E-state index is 7.26. The molecule has 0 bridgehead atoms. The van der Waals surface area contributed by atoms with Crippen LogP contribution < -0.4 is 10.5 Å². The Balaban J connectivity index is 2.44. The second kappa shape index (κ2) is 7.69. The Morgan fingerprint density at radius 3 is 2.72 bits per heavy atom. The quantitative estimate of drug-likeness (QED) is 0.549. The summed E-state index contributed by atoms with van der Waals surface area (Å²) in [6, 6.07) is 3.53. The molecular weight excluding hydrogens is 226 g/mol. The van der Waals surface area contributed by atoms with E-state index in [9.17, 15) is 0 Å². The largest absolute Gasteiger partial charge is 0.492 e. The first-order valence-corrected chi connectivity index (χ1v) is 6.60. The van der Waals surface area contributed by atoms with Crippen LogP contribution in [0.1, 0.15) is 45.2 Å². The van der Waals surface area contributed by atoms with Crippen LogP contribution in [0.2, 0.25) is 0 Å². The van der Waals surface area contributed by atoms with E-state index in [0.717, 1.165) is 18.8 Å². The first-order chi connectivity index (χ1) is 8.67. The second-order valence-corrected chi connectivity index (χ2v) is 4.52. The number of pyridine rings is 1. The summed E-state index contributed by atoms with van der Waals surface area (Å²) in [5, 5.41) is 7.26. The van der Waals surface area contributed by atoms with Crippen LogP contribution in [-0.2, 0) is 0 Å². The van der Waals surface area contributed by atoms with Crippen molar-refractivity contribution >= 4 is 5.84 Å². The molecule has 1 aromatic heterocycles. The Bertz CT molecular complexity index is 362. The van der Waals surface area contributed by atoms with E-state index >= 15 is 0 Å². The molecule has 0 amide bonds. The van der Waals surface area contributed by atoms with E-state index in [-0.39, 0.29) is 5.84 Å². The van der Waals surface area contributed by atoms with E-state index in [4.69, 9.17) is 15.9 Å². The molecule has 1 aromatic rings. The summed E-state index contributed by atoms with van der Waals surface area (Å²) >= 11 is 0. The van der Waals surface area contributed by atoms with Crippen LogP contribution in [0, 0.1) is 11.3 Å². The van der Waals surface area contributed by atoms with Gasteiger partial charge in [0.2, 0.25) is 0 Å². The lowest BCUT2D eigenvalue weighted by molar-refractivity contribution is 0.232. The molecule has 0 aliphatic carbocycles. The van der Waals surface area contributed by atoms with Crippen molar-refractivity contribution in [3.63, 3.8) is 0 Å². The third kappa shape index (κ3) is 4.73. The fraction of sp³-hybridized carbons (Fsp3) is 0.571. The zero-order valence-electron chi connectivity index (χ0n) is 11.3. The standard InChI is InChI=1S/C14H23N3O/c1-3-5-6-11(4-2)10-18-12-7-8-13(14(15)16)17-9-12/h7-9,11H,3-6,10H2,1-2H3,(H3,15,16). The molecular formula is C14H23N3O. The topological polar surface area (TPSA) is 72.0 Å². The number of ether oxygens (including phenoxy) is 1. The maximum atomic E-state index is 7.26. The van der Waals surface area contributed by atoms with E-state index < -0.39 is 0 Å². The SMILES string of the molecule is CCCCC(CC)COc1ccc(C(=N)N)nc1. The lowest BCUT2D eigenvalue weighted by Gasteiger charge is -2.15. The number of nitrogen functional groups attached to an aromatic ring is 1. The molecule has 1 heterocycles. The highest BCUT2D eigenvalue weighted by Gasteiger charge is 2.07. The van der Waals surface area contributed by atoms with Crippen LogP contribution in [-0.4, -0.2) is 17.4 Å². The van der Waals surface area contributed by atoms with Gasteiger partial charge in [0.25, 0.3) is 0 Å². The molecule has 0 radical (unpaired) electrons. The third-order valence-corrected chi connectivity index (χ3v) is 3.04. The van der Waals surface area contributed by atoms with Gasteiger partial charge < -0.3 is 10.5 Å². The molecule has 4 nitrogen and oxygen atoms in total. The maximum Gasteiger partial charge on any atom is 0.141 e. The summed E-state index contributed by atoms with van der Waals surface area (Å²) in [5.41, 5.74) is 5.83. The van der Waals surface area contributed by atoms with Crippen LogP contribution in [0.3, 0.4) is 0 Å². The molecule has 0 saturated carbocycles. The Hall–Kier alpha value is -1.58. The molecule has 1 rings (SSSR count). The van der Waals surface area contributed by atoms with Crippen LogP contribution >= 0.6 is 0 Å². The fourth-order valence-electron chi connectivity index (χ4n) is 1.74. The normalized spacial score (nSPS) is 12.1. The van der Waals surface area contributed by atoms with Gasteiger partial charge in [-0.2, -0.15) is 0 Å². The monoisotopic (exact) mass is 249 g/mol. The minimum Gasteiger partial charge on any atom is -0.492 e. The molecule has 0 saturated heterocycles. The van der Waals surface area contributed by atoms with Gasteiger partial charge in [-0.1, -0.05) is 33.1 Å². The molecule has 100 valence electrons. The Labute approximate surface area is 109 Å². The van der Waals surface area contributed by atoms with Crippen molar-refractivity contribution < 1.29 is 4.74 Å². The number of hydrogen-bond donors (Lipinski definition) is 2. The first-order valence-electron chi connectivity index (χ1n) is 6.60. The predicted octanol–water partition coefficient (Wildman–Crippen LogP) is 2.96. The highest BCUT2D eigenvalue weighted by Crippen LogP contribution is 2.16. The van der Waals surface area contributed by atoms with Gasteiger partial charge in [0.15, 0.2) is 0 Å². The number of nitrogens with two attached hydrogens (primary N) is 1. The van der Waals surface area contributed by atoms with Gasteiger partial charge in [0.05, 0.1) is 12.8 Å². The number of unbranched alkanes of at least 4 members (excludes halogenated alkanes) is 1. The van der Waals surface area contributed by atoms with Crippen LogP contribution in [0.25, 0.3) is 0 Å². The summed E-state index contributed by atoms with van der Waals surface area (Å²) in [6.07, 6.45) is 6.46. The molecule has 0 spiro atoms. The molecule has 4 heteroatoms. The number of rotatable bonds is 8. The fourth-order valence-corrected chi connectivity index (χ4v) is 1.74. The zero-order chi connectivity index (χ0) is 13.4. The van der Waals surface area contributed by atoms with Crippen molar-refractivity contribution in [1.82, 2.24) is 4.98 Å². The highest BCUT2D eigenvalue weighted by atomic mass is 16.5. The summed E-state index contributed by atoms with van der Waals surface area (Å²) in [7, 11) is 0. The zero-order valence-corrected chi connectivity index (χ0v) is 11.3. The van der Waals surface area contributed by atoms with Crippen LogP contribution in [0.15, 0.2) is 18.3 Å². The number of amidine groups is 1. The summed E-state index contributed by atoms with van der Waals surface area (Å²) in [5.74, 6) is 1.34. The summed E-state index contributed by atoms with van der Waals surface area (Å²) in [4.78, 5) is 4.07. The average molecular weight is 249 g/mol. The van der Waals surface area contributed by atoms with E-state index in [1.165, 1.54) is 19.3 Å². The van der Waals surface area contributed by atoms with Crippen LogP contribution in [0.4, 0.5) is 0 Å². The lowest BCUT2D eigenvalue weighted by atomic mass is 10.0. The van der Waals surface area contributed by atoms with Crippen molar-refractivity contribution in [2.75, 3.05) is 6.61 Å². The van der Waals surface area contributed by atoms with Gasteiger partial charge in [-0.15, -0.1) is 0 Å². The first kappa shape index (κ1) is 14.5. The van der Waals surface area contributed by atoms with Crippen molar-refractivity contribution in [2.24, 2.45) is 11.7 Å². The van der Waals surface area contributed by atoms with Gasteiger partial charge in [0.1, 0.15) is 17.3 Å². The molecule has 0 aliphatic heterocycles. The number of aromatic nitrogens is 1. The van der Waals surface area contributed by atoms with Crippen molar-refractivity contribution in [2.45, 2.75) is 39.5 Å². The van der Waals surface area contributed by atoms with Crippen molar-refractivity contribution in [3.05, 3.63) is 24.0 Å². The molecule has 1 unspecified atom stereocenters. The van der Waals surface area contributed by atoms with E-state index in [2.05, 4.69) is 18.8 Å². The minimum absolute atomic E-state index is 0.0177. The molecule has 0 aliphatic rings. The van der Waals surface area contributed by atoms with Crippen LogP contribution in [0.5, 0.6) is 5.75 Å².